The third-order valence-electron chi connectivity index (χ3n) is 3.73. The highest BCUT2D eigenvalue weighted by Crippen LogP contribution is 2.32. The molecule has 2 aromatic rings. The molecule has 0 spiro atoms. The first kappa shape index (κ1) is 15.5. The lowest BCUT2D eigenvalue weighted by Crippen LogP contribution is -2.44. The first-order valence-electron chi connectivity index (χ1n) is 7.11. The maximum Gasteiger partial charge on any atom is 0.208 e. The molecule has 1 saturated heterocycles. The molecular formula is C14H19N3O3S2. The van der Waals surface area contributed by atoms with Crippen molar-refractivity contribution >= 4 is 36.7 Å². The molecule has 1 aromatic carbocycles. The molecule has 1 aromatic heterocycles. The molecule has 6 nitrogen and oxygen atoms in total. The van der Waals surface area contributed by atoms with Crippen molar-refractivity contribution in [3.63, 3.8) is 0 Å². The highest BCUT2D eigenvalue weighted by Gasteiger charge is 2.23. The minimum Gasteiger partial charge on any atom is -0.497 e. The molecule has 0 atom stereocenters. The Bertz CT molecular complexity index is 765. The summed E-state index contributed by atoms with van der Waals surface area (Å²) in [4.78, 5) is 6.89. The number of sulfonamides is 1. The predicted molar refractivity (Wildman–Crippen MR) is 89.4 cm³/mol. The molecule has 2 heterocycles. The molecule has 0 radical (unpaired) electrons. The minimum atomic E-state index is -3.13. The van der Waals surface area contributed by atoms with Gasteiger partial charge in [0.25, 0.3) is 0 Å². The molecule has 0 saturated carbocycles. The number of methoxy groups -OCH3 is 1. The van der Waals surface area contributed by atoms with Crippen LogP contribution in [-0.4, -0.2) is 45.9 Å². The molecule has 22 heavy (non-hydrogen) atoms. The van der Waals surface area contributed by atoms with Gasteiger partial charge in [-0.3, -0.25) is 0 Å². The first-order chi connectivity index (χ1) is 10.4. The average molecular weight is 341 g/mol. The lowest BCUT2D eigenvalue weighted by atomic mass is 10.1. The van der Waals surface area contributed by atoms with Crippen LogP contribution < -0.4 is 14.4 Å². The zero-order valence-electron chi connectivity index (χ0n) is 12.6. The Kier molecular flexibility index (Phi) is 4.24. The molecule has 8 heteroatoms. The Morgan fingerprint density at radius 3 is 2.73 bits per heavy atom. The Hall–Kier alpha value is -1.38. The summed E-state index contributed by atoms with van der Waals surface area (Å²) < 4.78 is 31.6. The van der Waals surface area contributed by atoms with Gasteiger partial charge in [-0.1, -0.05) is 11.3 Å². The summed E-state index contributed by atoms with van der Waals surface area (Å²) in [5, 5.41) is 0.987. The van der Waals surface area contributed by atoms with Gasteiger partial charge in [-0.15, -0.1) is 0 Å². The predicted octanol–water partition coefficient (Wildman–Crippen LogP) is 1.82. The zero-order valence-corrected chi connectivity index (χ0v) is 14.2. The molecule has 0 amide bonds. The number of ether oxygens (including phenoxy) is 1. The van der Waals surface area contributed by atoms with Crippen LogP contribution in [0, 0.1) is 0 Å². The highest BCUT2D eigenvalue weighted by atomic mass is 32.2. The molecular weight excluding hydrogens is 322 g/mol. The molecule has 1 N–H and O–H groups in total. The van der Waals surface area contributed by atoms with Gasteiger partial charge >= 0.3 is 0 Å². The fourth-order valence-corrected chi connectivity index (χ4v) is 4.49. The van der Waals surface area contributed by atoms with Gasteiger partial charge in [0.05, 0.1) is 23.6 Å². The normalized spacial score (nSPS) is 17.1. The van der Waals surface area contributed by atoms with Crippen LogP contribution in [0.3, 0.4) is 0 Å². The van der Waals surface area contributed by atoms with Crippen molar-refractivity contribution in [3.8, 4) is 5.75 Å². The van der Waals surface area contributed by atoms with Gasteiger partial charge in [0, 0.05) is 25.2 Å². The number of piperidine rings is 1. The summed E-state index contributed by atoms with van der Waals surface area (Å²) in [5.74, 6) is 0.806. The van der Waals surface area contributed by atoms with Gasteiger partial charge in [0.1, 0.15) is 5.75 Å². The minimum absolute atomic E-state index is 0.0284. The van der Waals surface area contributed by atoms with Crippen molar-refractivity contribution in [2.45, 2.75) is 18.9 Å². The monoisotopic (exact) mass is 341 g/mol. The number of fused-ring (bicyclic) bond motifs is 1. The van der Waals surface area contributed by atoms with Crippen molar-refractivity contribution in [1.29, 1.82) is 0 Å². The average Bonchev–Trinajstić information content (AvgIpc) is 2.89. The summed E-state index contributed by atoms with van der Waals surface area (Å²) in [5.41, 5.74) is 0.940. The summed E-state index contributed by atoms with van der Waals surface area (Å²) in [7, 11) is -1.48. The van der Waals surface area contributed by atoms with Gasteiger partial charge in [-0.2, -0.15) is 0 Å². The van der Waals surface area contributed by atoms with E-state index in [1.54, 1.807) is 18.4 Å². The van der Waals surface area contributed by atoms with Crippen molar-refractivity contribution in [3.05, 3.63) is 18.2 Å². The topological polar surface area (TPSA) is 71.5 Å². The van der Waals surface area contributed by atoms with E-state index in [0.29, 0.717) is 0 Å². The number of aromatic nitrogens is 1. The van der Waals surface area contributed by atoms with Crippen LogP contribution in [0.4, 0.5) is 5.13 Å². The lowest BCUT2D eigenvalue weighted by molar-refractivity contribution is 0.415. The maximum atomic E-state index is 11.3. The molecule has 120 valence electrons. The number of benzene rings is 1. The second kappa shape index (κ2) is 6.02. The van der Waals surface area contributed by atoms with Crippen LogP contribution in [0.15, 0.2) is 18.2 Å². The summed E-state index contributed by atoms with van der Waals surface area (Å²) in [6, 6.07) is 5.92. The van der Waals surface area contributed by atoms with E-state index in [4.69, 9.17) is 4.74 Å². The largest absolute Gasteiger partial charge is 0.497 e. The number of hydrogen-bond donors (Lipinski definition) is 1. The zero-order chi connectivity index (χ0) is 15.7. The number of rotatable bonds is 4. The number of nitrogens with zero attached hydrogens (tertiary/aromatic N) is 2. The van der Waals surface area contributed by atoms with Crippen LogP contribution in [0.2, 0.25) is 0 Å². The van der Waals surface area contributed by atoms with E-state index in [1.807, 2.05) is 18.2 Å². The molecule has 1 aliphatic heterocycles. The van der Waals surface area contributed by atoms with E-state index >= 15 is 0 Å². The smallest absolute Gasteiger partial charge is 0.208 e. The van der Waals surface area contributed by atoms with Crippen molar-refractivity contribution in [1.82, 2.24) is 9.71 Å². The fourth-order valence-electron chi connectivity index (χ4n) is 2.65. The SMILES string of the molecule is COc1ccc2sc(N3CCC(NS(C)(=O)=O)CC3)nc2c1. The third-order valence-corrected chi connectivity index (χ3v) is 5.59. The summed E-state index contributed by atoms with van der Waals surface area (Å²) in [6.45, 7) is 1.62. The molecule has 1 fully saturated rings. The van der Waals surface area contributed by atoms with Gasteiger partial charge in [0.15, 0.2) is 5.13 Å². The molecule has 1 aliphatic rings. The first-order valence-corrected chi connectivity index (χ1v) is 9.82. The van der Waals surface area contributed by atoms with E-state index in [-0.39, 0.29) is 6.04 Å². The van der Waals surface area contributed by atoms with E-state index < -0.39 is 10.0 Å². The van der Waals surface area contributed by atoms with Crippen LogP contribution >= 0.6 is 11.3 Å². The fraction of sp³-hybridized carbons (Fsp3) is 0.500. The number of thiazole rings is 1. The number of hydrogen-bond acceptors (Lipinski definition) is 6. The van der Waals surface area contributed by atoms with Gasteiger partial charge in [-0.05, 0) is 25.0 Å². The highest BCUT2D eigenvalue weighted by molar-refractivity contribution is 7.88. The van der Waals surface area contributed by atoms with E-state index in [2.05, 4.69) is 14.6 Å². The quantitative estimate of drug-likeness (QED) is 0.918. The van der Waals surface area contributed by atoms with Gasteiger partial charge < -0.3 is 9.64 Å². The Balaban J connectivity index is 1.71. The van der Waals surface area contributed by atoms with Crippen molar-refractivity contribution in [2.24, 2.45) is 0 Å². The summed E-state index contributed by atoms with van der Waals surface area (Å²) >= 11 is 1.66. The Morgan fingerprint density at radius 2 is 2.09 bits per heavy atom. The summed E-state index contributed by atoms with van der Waals surface area (Å²) in [6.07, 6.45) is 2.80. The second-order valence-electron chi connectivity index (χ2n) is 5.48. The van der Waals surface area contributed by atoms with Crippen LogP contribution in [0.25, 0.3) is 10.2 Å². The second-order valence-corrected chi connectivity index (χ2v) is 8.27. The van der Waals surface area contributed by atoms with Gasteiger partial charge in [-0.25, -0.2) is 18.1 Å². The Labute approximate surface area is 134 Å². The van der Waals surface area contributed by atoms with Crippen LogP contribution in [-0.2, 0) is 10.0 Å². The maximum absolute atomic E-state index is 11.3. The van der Waals surface area contributed by atoms with Gasteiger partial charge in [0.2, 0.25) is 10.0 Å². The van der Waals surface area contributed by atoms with Crippen molar-refractivity contribution in [2.75, 3.05) is 31.4 Å². The lowest BCUT2D eigenvalue weighted by Gasteiger charge is -2.31. The Morgan fingerprint density at radius 1 is 1.36 bits per heavy atom. The van der Waals surface area contributed by atoms with E-state index in [1.165, 1.54) is 6.26 Å². The molecule has 0 aliphatic carbocycles. The van der Waals surface area contributed by atoms with E-state index in [9.17, 15) is 8.42 Å². The van der Waals surface area contributed by atoms with Crippen LogP contribution in [0.1, 0.15) is 12.8 Å². The molecule has 3 rings (SSSR count). The van der Waals surface area contributed by atoms with Crippen LogP contribution in [0.5, 0.6) is 5.75 Å². The third kappa shape index (κ3) is 3.50. The van der Waals surface area contributed by atoms with Crippen molar-refractivity contribution < 1.29 is 13.2 Å². The number of nitrogens with one attached hydrogen (secondary N) is 1. The molecule has 0 bridgehead atoms. The van der Waals surface area contributed by atoms with E-state index in [0.717, 1.165) is 47.0 Å². The number of anilines is 1. The molecule has 0 unspecified atom stereocenters. The standard InChI is InChI=1S/C14H19N3O3S2/c1-20-11-3-4-13-12(9-11)15-14(21-13)17-7-5-10(6-8-17)16-22(2,18)19/h3-4,9-10,16H,5-8H2,1-2H3.